The average molecular weight is 313 g/mol. The Morgan fingerprint density at radius 1 is 1.43 bits per heavy atom. The Hall–Kier alpha value is -1.51. The minimum absolute atomic E-state index is 0.0300. The quantitative estimate of drug-likeness (QED) is 0.666. The van der Waals surface area contributed by atoms with Crippen LogP contribution in [0.5, 0.6) is 0 Å². The van der Waals surface area contributed by atoms with Crippen molar-refractivity contribution in [1.82, 2.24) is 4.31 Å². The first-order chi connectivity index (χ1) is 9.78. The first-order valence-corrected chi connectivity index (χ1v) is 8.20. The largest absolute Gasteiger partial charge is 0.329 e. The molecular formula is C13H19N3O4S. The summed E-state index contributed by atoms with van der Waals surface area (Å²) in [6.45, 7) is 3.95. The zero-order chi connectivity index (χ0) is 15.8. The molecule has 7 nitrogen and oxygen atoms in total. The molecule has 1 fully saturated rings. The molecule has 116 valence electrons. The normalized spacial score (nSPS) is 19.9. The van der Waals surface area contributed by atoms with E-state index in [1.54, 1.807) is 13.8 Å². The van der Waals surface area contributed by atoms with Gasteiger partial charge in [-0.15, -0.1) is 0 Å². The number of nitro benzene ring substituents is 1. The van der Waals surface area contributed by atoms with E-state index in [1.807, 2.05) is 0 Å². The Labute approximate surface area is 123 Å². The number of rotatable bonds is 4. The summed E-state index contributed by atoms with van der Waals surface area (Å²) in [6.07, 6.45) is 1.48. The Bertz CT molecular complexity index is 672. The van der Waals surface area contributed by atoms with Crippen LogP contribution in [0.25, 0.3) is 0 Å². The fourth-order valence-electron chi connectivity index (χ4n) is 2.64. The molecule has 0 radical (unpaired) electrons. The van der Waals surface area contributed by atoms with Crippen LogP contribution in [0.2, 0.25) is 0 Å². The van der Waals surface area contributed by atoms with E-state index in [2.05, 4.69) is 0 Å². The third-order valence-corrected chi connectivity index (χ3v) is 5.94. The molecule has 1 unspecified atom stereocenters. The Morgan fingerprint density at radius 2 is 2.10 bits per heavy atom. The summed E-state index contributed by atoms with van der Waals surface area (Å²) in [5.41, 5.74) is 6.52. The van der Waals surface area contributed by atoms with Crippen LogP contribution < -0.4 is 5.73 Å². The van der Waals surface area contributed by atoms with Gasteiger partial charge < -0.3 is 5.73 Å². The Kier molecular flexibility index (Phi) is 4.31. The van der Waals surface area contributed by atoms with Gasteiger partial charge in [-0.25, -0.2) is 8.42 Å². The van der Waals surface area contributed by atoms with Crippen molar-refractivity contribution in [3.63, 3.8) is 0 Å². The summed E-state index contributed by atoms with van der Waals surface area (Å²) < 4.78 is 26.7. The van der Waals surface area contributed by atoms with Crippen molar-refractivity contribution in [2.45, 2.75) is 37.6 Å². The molecule has 2 N–H and O–H groups in total. The zero-order valence-corrected chi connectivity index (χ0v) is 12.9. The third-order valence-electron chi connectivity index (χ3n) is 4.01. The smallest absolute Gasteiger partial charge is 0.273 e. The van der Waals surface area contributed by atoms with Crippen LogP contribution in [-0.2, 0) is 10.0 Å². The van der Waals surface area contributed by atoms with E-state index >= 15 is 0 Å². The number of aryl methyl sites for hydroxylation is 1. The minimum atomic E-state index is -3.75. The van der Waals surface area contributed by atoms with E-state index in [4.69, 9.17) is 5.73 Å². The highest BCUT2D eigenvalue weighted by Crippen LogP contribution is 2.30. The number of benzene rings is 1. The van der Waals surface area contributed by atoms with Gasteiger partial charge in [0.25, 0.3) is 5.69 Å². The molecular weight excluding hydrogens is 294 g/mol. The number of nitro groups is 1. The lowest BCUT2D eigenvalue weighted by Gasteiger charge is -2.23. The second kappa shape index (κ2) is 5.70. The first kappa shape index (κ1) is 15.9. The number of sulfonamides is 1. The van der Waals surface area contributed by atoms with E-state index in [-0.39, 0.29) is 23.2 Å². The lowest BCUT2D eigenvalue weighted by molar-refractivity contribution is -0.385. The number of nitrogens with zero attached hydrogens (tertiary/aromatic N) is 2. The number of hydrogen-bond acceptors (Lipinski definition) is 5. The van der Waals surface area contributed by atoms with Crippen molar-refractivity contribution in [3.8, 4) is 0 Å². The van der Waals surface area contributed by atoms with Gasteiger partial charge in [0.1, 0.15) is 0 Å². The second-order valence-electron chi connectivity index (χ2n) is 5.29. The van der Waals surface area contributed by atoms with E-state index in [9.17, 15) is 18.5 Å². The summed E-state index contributed by atoms with van der Waals surface area (Å²) in [7, 11) is -3.75. The van der Waals surface area contributed by atoms with Gasteiger partial charge in [0, 0.05) is 30.8 Å². The van der Waals surface area contributed by atoms with Crippen LogP contribution in [-0.4, -0.2) is 36.8 Å². The number of nitrogens with two attached hydrogens (primary N) is 1. The molecule has 2 rings (SSSR count). The molecule has 1 aromatic rings. The summed E-state index contributed by atoms with van der Waals surface area (Å²) >= 11 is 0. The molecule has 0 spiro atoms. The molecule has 1 aliphatic rings. The van der Waals surface area contributed by atoms with E-state index in [0.29, 0.717) is 17.7 Å². The van der Waals surface area contributed by atoms with E-state index in [1.165, 1.54) is 10.4 Å². The highest BCUT2D eigenvalue weighted by molar-refractivity contribution is 7.89. The number of hydrogen-bond donors (Lipinski definition) is 1. The second-order valence-corrected chi connectivity index (χ2v) is 7.18. The molecule has 0 aliphatic carbocycles. The van der Waals surface area contributed by atoms with Crippen LogP contribution in [0.1, 0.15) is 24.0 Å². The molecule has 1 aromatic carbocycles. The van der Waals surface area contributed by atoms with Gasteiger partial charge in [-0.3, -0.25) is 10.1 Å². The van der Waals surface area contributed by atoms with Gasteiger partial charge in [-0.05, 0) is 38.3 Å². The molecule has 1 aliphatic heterocycles. The molecule has 1 atom stereocenters. The van der Waals surface area contributed by atoms with Crippen LogP contribution in [0, 0.1) is 24.0 Å². The minimum Gasteiger partial charge on any atom is -0.329 e. The van der Waals surface area contributed by atoms with Crippen LogP contribution >= 0.6 is 0 Å². The topological polar surface area (TPSA) is 107 Å². The maximum Gasteiger partial charge on any atom is 0.273 e. The van der Waals surface area contributed by atoms with Crippen LogP contribution in [0.3, 0.4) is 0 Å². The van der Waals surface area contributed by atoms with Gasteiger partial charge in [0.15, 0.2) is 0 Å². The first-order valence-electron chi connectivity index (χ1n) is 6.76. The molecule has 0 bridgehead atoms. The molecule has 0 amide bonds. The van der Waals surface area contributed by atoms with Crippen LogP contribution in [0.4, 0.5) is 5.69 Å². The lowest BCUT2D eigenvalue weighted by atomic mass is 10.1. The predicted molar refractivity (Wildman–Crippen MR) is 78.5 cm³/mol. The summed E-state index contributed by atoms with van der Waals surface area (Å²) in [6, 6.07) is 2.41. The molecule has 0 saturated carbocycles. The van der Waals surface area contributed by atoms with Gasteiger partial charge in [0.2, 0.25) is 10.0 Å². The summed E-state index contributed by atoms with van der Waals surface area (Å²) in [5.74, 6) is 0. The maximum absolute atomic E-state index is 12.7. The highest BCUT2D eigenvalue weighted by atomic mass is 32.2. The Balaban J connectivity index is 2.53. The van der Waals surface area contributed by atoms with Crippen molar-refractivity contribution in [1.29, 1.82) is 0 Å². The third kappa shape index (κ3) is 2.78. The van der Waals surface area contributed by atoms with Crippen LogP contribution in [0.15, 0.2) is 17.0 Å². The van der Waals surface area contributed by atoms with E-state index in [0.717, 1.165) is 18.9 Å². The van der Waals surface area contributed by atoms with Gasteiger partial charge in [-0.2, -0.15) is 4.31 Å². The standard InChI is InChI=1S/C13H19N3O4S/c1-9-6-12(7-13(10(9)2)16(17)18)21(19,20)15-5-3-4-11(15)8-14/h6-7,11H,3-5,8,14H2,1-2H3. The molecule has 1 heterocycles. The molecule has 21 heavy (non-hydrogen) atoms. The van der Waals surface area contributed by atoms with Crippen molar-refractivity contribution >= 4 is 15.7 Å². The SMILES string of the molecule is Cc1cc(S(=O)(=O)N2CCCC2CN)cc([N+](=O)[O-])c1C. The van der Waals surface area contributed by atoms with Crippen molar-refractivity contribution < 1.29 is 13.3 Å². The van der Waals surface area contributed by atoms with Gasteiger partial charge in [0.05, 0.1) is 9.82 Å². The monoisotopic (exact) mass is 313 g/mol. The summed E-state index contributed by atoms with van der Waals surface area (Å²) in [5, 5.41) is 11.1. The van der Waals surface area contributed by atoms with E-state index < -0.39 is 14.9 Å². The lowest BCUT2D eigenvalue weighted by Crippen LogP contribution is -2.39. The van der Waals surface area contributed by atoms with Crippen molar-refractivity contribution in [2.75, 3.05) is 13.1 Å². The van der Waals surface area contributed by atoms with Crippen molar-refractivity contribution in [2.24, 2.45) is 5.73 Å². The fourth-order valence-corrected chi connectivity index (χ4v) is 4.45. The van der Waals surface area contributed by atoms with Crippen molar-refractivity contribution in [3.05, 3.63) is 33.4 Å². The molecule has 8 heteroatoms. The highest BCUT2D eigenvalue weighted by Gasteiger charge is 2.35. The van der Waals surface area contributed by atoms with Gasteiger partial charge >= 0.3 is 0 Å². The summed E-state index contributed by atoms with van der Waals surface area (Å²) in [4.78, 5) is 10.5. The Morgan fingerprint density at radius 3 is 2.67 bits per heavy atom. The van der Waals surface area contributed by atoms with Gasteiger partial charge in [-0.1, -0.05) is 0 Å². The zero-order valence-electron chi connectivity index (χ0n) is 12.1. The predicted octanol–water partition coefficient (Wildman–Crippen LogP) is 1.32. The average Bonchev–Trinajstić information content (AvgIpc) is 2.90. The molecule has 0 aromatic heterocycles. The molecule has 1 saturated heterocycles. The maximum atomic E-state index is 12.7. The fraction of sp³-hybridized carbons (Fsp3) is 0.538.